The molecule has 94 valence electrons. The molecule has 3 heteroatoms. The molecule has 3 nitrogen and oxygen atoms in total. The molecule has 1 aromatic rings. The van der Waals surface area contributed by atoms with Crippen LogP contribution in [0.15, 0.2) is 18.2 Å². The van der Waals surface area contributed by atoms with Gasteiger partial charge in [-0.3, -0.25) is 0 Å². The van der Waals surface area contributed by atoms with Crippen molar-refractivity contribution in [2.75, 3.05) is 26.7 Å². The van der Waals surface area contributed by atoms with Crippen LogP contribution in [-0.4, -0.2) is 42.9 Å². The number of benzene rings is 1. The Balaban J connectivity index is 2.18. The molecule has 0 aliphatic carbocycles. The molecule has 1 saturated heterocycles. The minimum Gasteiger partial charge on any atom is -0.386 e. The van der Waals surface area contributed by atoms with Crippen LogP contribution in [0.25, 0.3) is 0 Å². The summed E-state index contributed by atoms with van der Waals surface area (Å²) < 4.78 is 5.67. The van der Waals surface area contributed by atoms with Crippen molar-refractivity contribution in [2.45, 2.75) is 26.1 Å². The fraction of sp³-hybridized carbons (Fsp3) is 0.571. The largest absolute Gasteiger partial charge is 0.386 e. The van der Waals surface area contributed by atoms with Crippen molar-refractivity contribution in [1.29, 1.82) is 0 Å². The first kappa shape index (κ1) is 12.6. The summed E-state index contributed by atoms with van der Waals surface area (Å²) in [6.07, 6.45) is -0.646. The maximum absolute atomic E-state index is 10.4. The van der Waals surface area contributed by atoms with E-state index in [0.29, 0.717) is 6.61 Å². The summed E-state index contributed by atoms with van der Waals surface area (Å²) in [7, 11) is 2.06. The minimum atomic E-state index is -0.530. The van der Waals surface area contributed by atoms with Gasteiger partial charge in [-0.05, 0) is 32.0 Å². The van der Waals surface area contributed by atoms with Gasteiger partial charge in [-0.15, -0.1) is 0 Å². The molecule has 17 heavy (non-hydrogen) atoms. The Kier molecular flexibility index (Phi) is 3.82. The SMILES string of the molecule is Cc1ccc(C)c(C(O)C2CN(C)CCO2)c1. The molecule has 2 atom stereocenters. The molecule has 1 aliphatic rings. The Morgan fingerprint density at radius 1 is 1.41 bits per heavy atom. The predicted octanol–water partition coefficient (Wildman–Crippen LogP) is 1.67. The van der Waals surface area contributed by atoms with Gasteiger partial charge in [0.05, 0.1) is 6.61 Å². The zero-order valence-electron chi connectivity index (χ0n) is 10.8. The van der Waals surface area contributed by atoms with Crippen molar-refractivity contribution in [3.05, 3.63) is 34.9 Å². The third kappa shape index (κ3) is 2.86. The van der Waals surface area contributed by atoms with Crippen LogP contribution in [0.2, 0.25) is 0 Å². The Labute approximate surface area is 103 Å². The standard InChI is InChI=1S/C14H21NO2/c1-10-4-5-11(2)12(8-10)14(16)13-9-15(3)6-7-17-13/h4-5,8,13-14,16H,6-7,9H2,1-3H3. The van der Waals surface area contributed by atoms with Crippen molar-refractivity contribution < 1.29 is 9.84 Å². The van der Waals surface area contributed by atoms with Crippen LogP contribution in [-0.2, 0) is 4.74 Å². The average molecular weight is 235 g/mol. The first-order valence-electron chi connectivity index (χ1n) is 6.13. The van der Waals surface area contributed by atoms with Crippen molar-refractivity contribution >= 4 is 0 Å². The molecule has 1 aliphatic heterocycles. The van der Waals surface area contributed by atoms with E-state index in [4.69, 9.17) is 4.74 Å². The Morgan fingerprint density at radius 3 is 2.88 bits per heavy atom. The van der Waals surface area contributed by atoms with Crippen LogP contribution in [0.4, 0.5) is 0 Å². The highest BCUT2D eigenvalue weighted by atomic mass is 16.5. The van der Waals surface area contributed by atoms with Crippen LogP contribution >= 0.6 is 0 Å². The lowest BCUT2D eigenvalue weighted by molar-refractivity contribution is -0.0846. The van der Waals surface area contributed by atoms with Crippen LogP contribution < -0.4 is 0 Å². The zero-order chi connectivity index (χ0) is 12.4. The number of rotatable bonds is 2. The van der Waals surface area contributed by atoms with Gasteiger partial charge in [0.1, 0.15) is 12.2 Å². The number of aryl methyl sites for hydroxylation is 2. The number of aliphatic hydroxyl groups excluding tert-OH is 1. The molecule has 1 fully saturated rings. The van der Waals surface area contributed by atoms with E-state index in [1.54, 1.807) is 0 Å². The Hall–Kier alpha value is -0.900. The van der Waals surface area contributed by atoms with Crippen molar-refractivity contribution in [3.63, 3.8) is 0 Å². The number of likely N-dealkylation sites (N-methyl/N-ethyl adjacent to an activating group) is 1. The first-order valence-corrected chi connectivity index (χ1v) is 6.13. The molecule has 0 bridgehead atoms. The van der Waals surface area contributed by atoms with E-state index < -0.39 is 6.10 Å². The third-order valence-electron chi connectivity index (χ3n) is 3.40. The summed E-state index contributed by atoms with van der Waals surface area (Å²) in [5.74, 6) is 0. The molecule has 0 spiro atoms. The summed E-state index contributed by atoms with van der Waals surface area (Å²) in [4.78, 5) is 2.20. The predicted molar refractivity (Wildman–Crippen MR) is 68.1 cm³/mol. The van der Waals surface area contributed by atoms with Gasteiger partial charge < -0.3 is 14.7 Å². The van der Waals surface area contributed by atoms with E-state index >= 15 is 0 Å². The average Bonchev–Trinajstić information content (AvgIpc) is 2.31. The number of aliphatic hydroxyl groups is 1. The Bertz CT molecular complexity index is 392. The van der Waals surface area contributed by atoms with Crippen LogP contribution in [0, 0.1) is 13.8 Å². The van der Waals surface area contributed by atoms with Gasteiger partial charge in [-0.2, -0.15) is 0 Å². The summed E-state index contributed by atoms with van der Waals surface area (Å²) in [6, 6.07) is 6.18. The van der Waals surface area contributed by atoms with E-state index in [2.05, 4.69) is 30.1 Å². The number of ether oxygens (including phenoxy) is 1. The fourth-order valence-electron chi connectivity index (χ4n) is 2.28. The molecule has 2 unspecified atom stereocenters. The highest BCUT2D eigenvalue weighted by Gasteiger charge is 2.27. The maximum atomic E-state index is 10.4. The number of hydrogen-bond acceptors (Lipinski definition) is 3. The van der Waals surface area contributed by atoms with E-state index in [9.17, 15) is 5.11 Å². The highest BCUT2D eigenvalue weighted by molar-refractivity contribution is 5.32. The number of nitrogens with zero attached hydrogens (tertiary/aromatic N) is 1. The molecule has 1 aromatic carbocycles. The van der Waals surface area contributed by atoms with E-state index in [0.717, 1.165) is 24.2 Å². The number of hydrogen-bond donors (Lipinski definition) is 1. The van der Waals surface area contributed by atoms with Crippen molar-refractivity contribution in [1.82, 2.24) is 4.90 Å². The summed E-state index contributed by atoms with van der Waals surface area (Å²) in [5, 5.41) is 10.4. The van der Waals surface area contributed by atoms with Gasteiger partial charge >= 0.3 is 0 Å². The smallest absolute Gasteiger partial charge is 0.107 e. The normalized spacial score (nSPS) is 23.6. The molecule has 0 radical (unpaired) electrons. The molecule has 0 amide bonds. The highest BCUT2D eigenvalue weighted by Crippen LogP contribution is 2.25. The van der Waals surface area contributed by atoms with Crippen LogP contribution in [0.1, 0.15) is 22.8 Å². The lowest BCUT2D eigenvalue weighted by Crippen LogP contribution is -2.43. The molecule has 1 N–H and O–H groups in total. The lowest BCUT2D eigenvalue weighted by atomic mass is 9.97. The fourth-order valence-corrected chi connectivity index (χ4v) is 2.28. The van der Waals surface area contributed by atoms with Gasteiger partial charge in [-0.25, -0.2) is 0 Å². The van der Waals surface area contributed by atoms with Crippen molar-refractivity contribution in [3.8, 4) is 0 Å². The molecule has 0 aromatic heterocycles. The third-order valence-corrected chi connectivity index (χ3v) is 3.40. The summed E-state index contributed by atoms with van der Waals surface area (Å²) in [5.41, 5.74) is 3.29. The van der Waals surface area contributed by atoms with Gasteiger partial charge in [-0.1, -0.05) is 23.8 Å². The minimum absolute atomic E-state index is 0.116. The number of morpholine rings is 1. The van der Waals surface area contributed by atoms with Gasteiger partial charge in [0.25, 0.3) is 0 Å². The van der Waals surface area contributed by atoms with Gasteiger partial charge in [0.15, 0.2) is 0 Å². The zero-order valence-corrected chi connectivity index (χ0v) is 10.8. The van der Waals surface area contributed by atoms with E-state index in [1.807, 2.05) is 13.8 Å². The van der Waals surface area contributed by atoms with Crippen LogP contribution in [0.3, 0.4) is 0 Å². The second-order valence-electron chi connectivity index (χ2n) is 4.98. The first-order chi connectivity index (χ1) is 8.08. The van der Waals surface area contributed by atoms with Gasteiger partial charge in [0.2, 0.25) is 0 Å². The molecular formula is C14H21NO2. The van der Waals surface area contributed by atoms with E-state index in [-0.39, 0.29) is 6.10 Å². The quantitative estimate of drug-likeness (QED) is 0.846. The second-order valence-corrected chi connectivity index (χ2v) is 4.98. The monoisotopic (exact) mass is 235 g/mol. The second kappa shape index (κ2) is 5.17. The lowest BCUT2D eigenvalue weighted by Gasteiger charge is -2.33. The van der Waals surface area contributed by atoms with Crippen LogP contribution in [0.5, 0.6) is 0 Å². The van der Waals surface area contributed by atoms with Gasteiger partial charge in [0, 0.05) is 13.1 Å². The molecule has 1 heterocycles. The summed E-state index contributed by atoms with van der Waals surface area (Å²) in [6.45, 7) is 6.50. The Morgan fingerprint density at radius 2 is 2.18 bits per heavy atom. The topological polar surface area (TPSA) is 32.7 Å². The maximum Gasteiger partial charge on any atom is 0.107 e. The summed E-state index contributed by atoms with van der Waals surface area (Å²) >= 11 is 0. The molecular weight excluding hydrogens is 214 g/mol. The molecule has 2 rings (SSSR count). The van der Waals surface area contributed by atoms with Crippen molar-refractivity contribution in [2.24, 2.45) is 0 Å². The molecule has 0 saturated carbocycles. The van der Waals surface area contributed by atoms with E-state index in [1.165, 1.54) is 5.56 Å².